The summed E-state index contributed by atoms with van der Waals surface area (Å²) in [5.41, 5.74) is 0. The number of rotatable bonds is 8. The molecule has 0 radical (unpaired) electrons. The maximum Gasteiger partial charge on any atom is 1.00 e. The van der Waals surface area contributed by atoms with E-state index >= 15 is 0 Å². The van der Waals surface area contributed by atoms with E-state index in [4.69, 9.17) is 26.5 Å². The molecule has 0 spiro atoms. The van der Waals surface area contributed by atoms with E-state index in [1.807, 2.05) is 0 Å². The zero-order valence-electron chi connectivity index (χ0n) is 22.7. The van der Waals surface area contributed by atoms with Crippen molar-refractivity contribution in [3.63, 3.8) is 0 Å². The maximum atomic E-state index is 12.9. The van der Waals surface area contributed by atoms with Crippen LogP contribution in [0.4, 0.5) is 0 Å². The van der Waals surface area contributed by atoms with E-state index in [0.717, 1.165) is 0 Å². The van der Waals surface area contributed by atoms with Gasteiger partial charge in [0.2, 0.25) is 0 Å². The first-order valence-electron chi connectivity index (χ1n) is 8.32. The molecule has 26 N–H and O–H groups in total. The molecule has 0 amide bonds. The first-order chi connectivity index (χ1) is 14.3. The Morgan fingerprint density at radius 1 is 0.605 bits per heavy atom. The Balaban J connectivity index is -0.0000000948. The van der Waals surface area contributed by atoms with Crippen molar-refractivity contribution in [3.8, 4) is 0 Å². The van der Waals surface area contributed by atoms with Crippen LogP contribution in [0, 0.1) is 0 Å². The first kappa shape index (κ1) is 75.6. The number of hydrogen-bond donors (Lipinski definition) is 8. The zero-order valence-corrected chi connectivity index (χ0v) is 33.8. The van der Waals surface area contributed by atoms with Crippen LogP contribution >= 0.6 is 0 Å². The summed E-state index contributed by atoms with van der Waals surface area (Å²) in [6, 6.07) is 0. The number of aliphatic hydroxyl groups excluding tert-OH is 6. The molecule has 252 valence electrons. The number of hydrogen-bond acceptors (Lipinski definition) is 15. The Bertz CT molecular complexity index is 732. The second kappa shape index (κ2) is 31.6. The smallest absolute Gasteiger partial charge is 1.00 e. The van der Waals surface area contributed by atoms with Gasteiger partial charge in [-0.05, 0) is 0 Å². The van der Waals surface area contributed by atoms with Crippen molar-refractivity contribution < 1.29 is 208 Å². The molecule has 2 rings (SSSR count). The fraction of sp³-hybridized carbons (Fsp3) is 0.833. The molecule has 0 bridgehead atoms. The van der Waals surface area contributed by atoms with Crippen molar-refractivity contribution in [1.82, 2.24) is 0 Å². The Morgan fingerprint density at radius 3 is 1.02 bits per heavy atom. The fourth-order valence-corrected chi connectivity index (χ4v) is 17.7. The van der Waals surface area contributed by atoms with Crippen molar-refractivity contribution in [2.45, 2.75) is 48.8 Å². The van der Waals surface area contributed by atoms with Gasteiger partial charge in [-0.1, -0.05) is 0 Å². The van der Waals surface area contributed by atoms with Crippen LogP contribution in [0.5, 0.6) is 0 Å². The normalized spacial score (nSPS) is 31.1. The van der Waals surface area contributed by atoms with Crippen molar-refractivity contribution in [2.75, 3.05) is 13.2 Å². The summed E-state index contributed by atoms with van der Waals surface area (Å²) in [6.45, 7) is -2.19. The minimum Gasteiger partial charge on any atom is 1.00 e. The number of aliphatic carboxylic acids is 2. The molecular weight excluding hydrogens is 873 g/mol. The summed E-state index contributed by atoms with van der Waals surface area (Å²) < 4.78 is 49.3. The van der Waals surface area contributed by atoms with Crippen LogP contribution in [0.1, 0.15) is 0 Å². The Labute approximate surface area is 318 Å². The predicted octanol–water partition coefficient (Wildman–Crippen LogP) is -22.5. The van der Waals surface area contributed by atoms with Gasteiger partial charge in [-0.25, -0.2) is 0 Å². The van der Waals surface area contributed by atoms with Gasteiger partial charge in [0.1, 0.15) is 0 Å². The molecule has 0 unspecified atom stereocenters. The van der Waals surface area contributed by atoms with Gasteiger partial charge in [0.25, 0.3) is 0 Å². The minimum absolute atomic E-state index is 0. The molecule has 0 aromatic carbocycles. The topological polar surface area (TPSA) is 560 Å². The fourth-order valence-electron chi connectivity index (χ4n) is 2.61. The van der Waals surface area contributed by atoms with E-state index < -0.39 is 114 Å². The van der Waals surface area contributed by atoms with Crippen LogP contribution < -0.4 is 88.7 Å². The Kier molecular flexibility index (Phi) is 55.6. The summed E-state index contributed by atoms with van der Waals surface area (Å²) in [7, 11) is 0. The molecule has 31 heteroatoms. The summed E-state index contributed by atoms with van der Waals surface area (Å²) in [6.07, 6.45) is -17.1. The molecule has 2 aliphatic heterocycles. The van der Waals surface area contributed by atoms with Crippen molar-refractivity contribution in [2.24, 2.45) is 0 Å². The summed E-state index contributed by atoms with van der Waals surface area (Å²) in [5, 5.41) is 75.6. The van der Waals surface area contributed by atoms with Crippen molar-refractivity contribution >= 4 is 52.0 Å². The van der Waals surface area contributed by atoms with Gasteiger partial charge in [-0.2, -0.15) is 0 Å². The van der Waals surface area contributed by atoms with Crippen LogP contribution in [0.3, 0.4) is 0 Å². The molecule has 2 saturated heterocycles. The third kappa shape index (κ3) is 19.2. The number of carbonyl (C=O) groups is 2. The second-order valence-corrected chi connectivity index (χ2v) is 17.4. The average molecular weight is 911 g/mol. The SMILES string of the molecule is O.O.O.O.O.O.O.O.O.O=C(O)[C@@H]1[O][Sb](=[O])([O][Sb]2(=[O])[O][C@H]([C@H](O)CO)[C@H](O)[C@H](C(=O)O)[O]2)[O][C@H]([C@H](O)CO)[C@@H]1O.[Na+].[Na+].[Na+]. The molecular formula is C12H38Na3O26Sb2+3. The largest absolute Gasteiger partial charge is 1.00 e. The molecule has 8 atom stereocenters. The third-order valence-electron chi connectivity index (χ3n) is 4.10. The summed E-state index contributed by atoms with van der Waals surface area (Å²) in [5.74, 6) is -3.81. The van der Waals surface area contributed by atoms with E-state index in [1.54, 1.807) is 0 Å². The molecule has 43 heavy (non-hydrogen) atoms. The maximum absolute atomic E-state index is 12.9. The third-order valence-corrected chi connectivity index (χ3v) is 18.5. The summed E-state index contributed by atoms with van der Waals surface area (Å²) >= 11 is -13.0. The number of aliphatic hydroxyl groups is 6. The van der Waals surface area contributed by atoms with Gasteiger partial charge in [0.15, 0.2) is 0 Å². The van der Waals surface area contributed by atoms with Gasteiger partial charge in [-0.15, -0.1) is 0 Å². The van der Waals surface area contributed by atoms with Crippen molar-refractivity contribution in [1.29, 1.82) is 0 Å². The Morgan fingerprint density at radius 2 is 0.837 bits per heavy atom. The van der Waals surface area contributed by atoms with Gasteiger partial charge in [0, 0.05) is 0 Å². The van der Waals surface area contributed by atoms with Crippen LogP contribution in [0.2, 0.25) is 0 Å². The van der Waals surface area contributed by atoms with E-state index in [0.29, 0.717) is 0 Å². The molecule has 2 fully saturated rings. The van der Waals surface area contributed by atoms with E-state index in [1.165, 1.54) is 0 Å². The monoisotopic (exact) mass is 909 g/mol. The summed E-state index contributed by atoms with van der Waals surface area (Å²) in [4.78, 5) is 22.6. The first-order valence-corrected chi connectivity index (χ1v) is 16.7. The van der Waals surface area contributed by atoms with Gasteiger partial charge in [-0.3, -0.25) is 0 Å². The van der Waals surface area contributed by atoms with Crippen LogP contribution in [-0.4, -0.2) is 204 Å². The standard InChI is InChI=1S/2C6H10O7.3Na.9H2O.3O.2Sb/c2*7-1-2(8)3(9)4(10)5(11)6(12)13;;;;;;;;;;;;;;;;;/h2*2-5,7-8,10H,1H2,(H,12,13);;;;9*1H2;;;;;/q2*-2;3*+1;;;;;;;;;;;;;2*+2/t2*2-,3-,4+,5-;;;;;;;;;;;;;;;;;/m11................./s1. The average Bonchev–Trinajstić information content (AvgIpc) is 2.69. The number of carboxylic acids is 2. The van der Waals surface area contributed by atoms with Crippen molar-refractivity contribution in [3.05, 3.63) is 0 Å². The van der Waals surface area contributed by atoms with E-state index in [2.05, 4.69) is 7.32 Å². The van der Waals surface area contributed by atoms with Gasteiger partial charge in [0.05, 0.1) is 0 Å². The second-order valence-electron chi connectivity index (χ2n) is 6.33. The van der Waals surface area contributed by atoms with Crippen LogP contribution in [0.15, 0.2) is 0 Å². The zero-order chi connectivity index (χ0) is 23.7. The van der Waals surface area contributed by atoms with Gasteiger partial charge >= 0.3 is 273 Å². The van der Waals surface area contributed by atoms with Gasteiger partial charge < -0.3 is 49.3 Å². The van der Waals surface area contributed by atoms with Crippen LogP contribution in [-0.2, 0) is 29.0 Å². The van der Waals surface area contributed by atoms with E-state index in [-0.39, 0.29) is 138 Å². The molecule has 0 aromatic heterocycles. The minimum atomic E-state index is -6.51. The molecule has 2 aliphatic rings. The molecule has 0 aromatic rings. The molecule has 26 nitrogen and oxygen atoms in total. The quantitative estimate of drug-likeness (QED) is 0.105. The molecule has 0 saturated carbocycles. The number of carboxylic acid groups (broad SMARTS) is 2. The van der Waals surface area contributed by atoms with E-state index in [9.17, 15) is 36.1 Å². The van der Waals surface area contributed by atoms with Crippen LogP contribution in [0.25, 0.3) is 0 Å². The molecule has 0 aliphatic carbocycles. The Hall–Kier alpha value is 2.38. The predicted molar refractivity (Wildman–Crippen MR) is 119 cm³/mol. The molecule has 2 heterocycles.